The van der Waals surface area contributed by atoms with Crippen molar-refractivity contribution in [1.29, 1.82) is 5.26 Å². The van der Waals surface area contributed by atoms with Crippen molar-refractivity contribution in [1.82, 2.24) is 10.3 Å². The molecule has 0 radical (unpaired) electrons. The van der Waals surface area contributed by atoms with Crippen LogP contribution in [0.4, 0.5) is 0 Å². The Labute approximate surface area is 104 Å². The fraction of sp³-hybridized carbons (Fsp3) is 0.571. The van der Waals surface area contributed by atoms with E-state index in [0.29, 0.717) is 12.5 Å². The molecule has 1 aromatic rings. The van der Waals surface area contributed by atoms with Gasteiger partial charge in [-0.3, -0.25) is 4.98 Å². The van der Waals surface area contributed by atoms with Crippen molar-refractivity contribution in [3.63, 3.8) is 0 Å². The van der Waals surface area contributed by atoms with Crippen LogP contribution in [0, 0.1) is 16.7 Å². The minimum Gasteiger partial charge on any atom is -0.310 e. The number of nitrogens with one attached hydrogen (secondary N) is 1. The average Bonchev–Trinajstić information content (AvgIpc) is 2.35. The molecule has 1 rings (SSSR count). The Hall–Kier alpha value is -1.40. The number of hydrogen-bond donors (Lipinski definition) is 1. The van der Waals surface area contributed by atoms with Gasteiger partial charge < -0.3 is 5.32 Å². The van der Waals surface area contributed by atoms with Gasteiger partial charge in [-0.25, -0.2) is 0 Å². The van der Waals surface area contributed by atoms with Crippen LogP contribution in [-0.2, 0) is 0 Å². The number of hydrogen-bond acceptors (Lipinski definition) is 3. The highest BCUT2D eigenvalue weighted by molar-refractivity contribution is 5.13. The maximum Gasteiger partial charge on any atom is 0.0621 e. The quantitative estimate of drug-likeness (QED) is 0.818. The van der Waals surface area contributed by atoms with Crippen LogP contribution in [0.1, 0.15) is 45.2 Å². The molecule has 0 spiro atoms. The Morgan fingerprint density at radius 1 is 1.41 bits per heavy atom. The van der Waals surface area contributed by atoms with Crippen LogP contribution in [0.2, 0.25) is 0 Å². The lowest BCUT2D eigenvalue weighted by Gasteiger charge is -2.26. The van der Waals surface area contributed by atoms with Gasteiger partial charge in [-0.05, 0) is 36.5 Å². The van der Waals surface area contributed by atoms with Crippen molar-refractivity contribution in [3.8, 4) is 6.07 Å². The lowest BCUT2D eigenvalue weighted by molar-refractivity contribution is 0.305. The predicted molar refractivity (Wildman–Crippen MR) is 69.3 cm³/mol. The Balaban J connectivity index is 2.43. The summed E-state index contributed by atoms with van der Waals surface area (Å²) in [5.41, 5.74) is 1.41. The zero-order valence-corrected chi connectivity index (χ0v) is 10.9. The van der Waals surface area contributed by atoms with E-state index in [9.17, 15) is 0 Å². The van der Waals surface area contributed by atoms with E-state index in [1.807, 2.05) is 24.5 Å². The smallest absolute Gasteiger partial charge is 0.0621 e. The molecule has 1 N–H and O–H groups in total. The normalized spacial score (nSPS) is 13.1. The summed E-state index contributed by atoms with van der Waals surface area (Å²) in [6, 6.07) is 6.58. The molecule has 0 saturated heterocycles. The minimum absolute atomic E-state index is 0.164. The standard InChI is InChI=1S/C14H21N3/c1-12(13-5-9-16-10-6-13)17-11-14(2,3)7-4-8-15/h5-6,9-10,12,17H,4,7,11H2,1-3H3. The highest BCUT2D eigenvalue weighted by Crippen LogP contribution is 2.22. The molecule has 1 heterocycles. The first-order valence-electron chi connectivity index (χ1n) is 6.05. The van der Waals surface area contributed by atoms with Gasteiger partial charge in [-0.15, -0.1) is 0 Å². The monoisotopic (exact) mass is 231 g/mol. The van der Waals surface area contributed by atoms with Crippen LogP contribution < -0.4 is 5.32 Å². The van der Waals surface area contributed by atoms with Crippen molar-refractivity contribution >= 4 is 0 Å². The average molecular weight is 231 g/mol. The third kappa shape index (κ3) is 4.97. The molecule has 1 atom stereocenters. The maximum absolute atomic E-state index is 8.61. The highest BCUT2D eigenvalue weighted by atomic mass is 14.9. The van der Waals surface area contributed by atoms with Gasteiger partial charge in [0.25, 0.3) is 0 Å². The summed E-state index contributed by atoms with van der Waals surface area (Å²) < 4.78 is 0. The first-order valence-corrected chi connectivity index (χ1v) is 6.05. The number of nitriles is 1. The second-order valence-corrected chi connectivity index (χ2v) is 5.21. The fourth-order valence-corrected chi connectivity index (χ4v) is 1.68. The van der Waals surface area contributed by atoms with Crippen molar-refractivity contribution in [3.05, 3.63) is 30.1 Å². The van der Waals surface area contributed by atoms with E-state index < -0.39 is 0 Å². The molecule has 0 aliphatic heterocycles. The number of nitrogens with zero attached hydrogens (tertiary/aromatic N) is 2. The van der Waals surface area contributed by atoms with Gasteiger partial charge in [-0.1, -0.05) is 13.8 Å². The SMILES string of the molecule is CC(NCC(C)(C)CCC#N)c1ccncc1. The zero-order valence-electron chi connectivity index (χ0n) is 10.9. The summed E-state index contributed by atoms with van der Waals surface area (Å²) in [5.74, 6) is 0. The molecule has 0 amide bonds. The van der Waals surface area contributed by atoms with Crippen molar-refractivity contribution in [2.75, 3.05) is 6.54 Å². The van der Waals surface area contributed by atoms with E-state index in [-0.39, 0.29) is 5.41 Å². The molecule has 0 bridgehead atoms. The third-order valence-corrected chi connectivity index (χ3v) is 3.01. The Bertz CT molecular complexity index is 365. The van der Waals surface area contributed by atoms with Gasteiger partial charge in [0.15, 0.2) is 0 Å². The Kier molecular flexibility index (Phi) is 5.11. The molecule has 1 aromatic heterocycles. The second-order valence-electron chi connectivity index (χ2n) is 5.21. The summed E-state index contributed by atoms with van der Waals surface area (Å²) in [7, 11) is 0. The van der Waals surface area contributed by atoms with Crippen molar-refractivity contribution in [2.24, 2.45) is 5.41 Å². The molecule has 17 heavy (non-hydrogen) atoms. The van der Waals surface area contributed by atoms with E-state index >= 15 is 0 Å². The zero-order chi connectivity index (χ0) is 12.7. The molecule has 0 aliphatic rings. The Morgan fingerprint density at radius 3 is 2.65 bits per heavy atom. The van der Waals surface area contributed by atoms with Gasteiger partial charge in [0, 0.05) is 31.4 Å². The summed E-state index contributed by atoms with van der Waals surface area (Å²) in [5, 5.41) is 12.1. The van der Waals surface area contributed by atoms with Crippen LogP contribution in [0.15, 0.2) is 24.5 Å². The van der Waals surface area contributed by atoms with Gasteiger partial charge in [0.05, 0.1) is 6.07 Å². The molecule has 3 nitrogen and oxygen atoms in total. The lowest BCUT2D eigenvalue weighted by atomic mass is 9.87. The summed E-state index contributed by atoms with van der Waals surface area (Å²) in [4.78, 5) is 4.01. The summed E-state index contributed by atoms with van der Waals surface area (Å²) in [6.07, 6.45) is 5.18. The maximum atomic E-state index is 8.61. The number of aromatic nitrogens is 1. The molecule has 3 heteroatoms. The number of pyridine rings is 1. The molecule has 92 valence electrons. The molecular formula is C14H21N3. The van der Waals surface area contributed by atoms with Gasteiger partial charge in [0.2, 0.25) is 0 Å². The molecule has 0 saturated carbocycles. The van der Waals surface area contributed by atoms with Crippen LogP contribution in [0.25, 0.3) is 0 Å². The predicted octanol–water partition coefficient (Wildman–Crippen LogP) is 3.06. The first-order chi connectivity index (χ1) is 8.05. The highest BCUT2D eigenvalue weighted by Gasteiger charge is 2.18. The molecule has 0 fully saturated rings. The lowest BCUT2D eigenvalue weighted by Crippen LogP contribution is -2.31. The Morgan fingerprint density at radius 2 is 2.06 bits per heavy atom. The van der Waals surface area contributed by atoms with Gasteiger partial charge >= 0.3 is 0 Å². The van der Waals surface area contributed by atoms with Gasteiger partial charge in [0.1, 0.15) is 0 Å². The van der Waals surface area contributed by atoms with E-state index in [0.717, 1.165) is 13.0 Å². The molecule has 0 aromatic carbocycles. The van der Waals surface area contributed by atoms with Crippen molar-refractivity contribution in [2.45, 2.75) is 39.7 Å². The number of rotatable bonds is 6. The summed E-state index contributed by atoms with van der Waals surface area (Å²) >= 11 is 0. The largest absolute Gasteiger partial charge is 0.310 e. The van der Waals surface area contributed by atoms with Crippen LogP contribution in [0.3, 0.4) is 0 Å². The van der Waals surface area contributed by atoms with E-state index in [4.69, 9.17) is 5.26 Å². The van der Waals surface area contributed by atoms with E-state index in [2.05, 4.69) is 37.1 Å². The van der Waals surface area contributed by atoms with Gasteiger partial charge in [-0.2, -0.15) is 5.26 Å². The fourth-order valence-electron chi connectivity index (χ4n) is 1.68. The van der Waals surface area contributed by atoms with Crippen LogP contribution >= 0.6 is 0 Å². The molecule has 0 aliphatic carbocycles. The van der Waals surface area contributed by atoms with E-state index in [1.54, 1.807) is 0 Å². The van der Waals surface area contributed by atoms with Crippen LogP contribution in [-0.4, -0.2) is 11.5 Å². The summed E-state index contributed by atoms with van der Waals surface area (Å²) in [6.45, 7) is 7.45. The molecule has 1 unspecified atom stereocenters. The topological polar surface area (TPSA) is 48.7 Å². The first kappa shape index (κ1) is 13.7. The minimum atomic E-state index is 0.164. The second kappa shape index (κ2) is 6.36. The van der Waals surface area contributed by atoms with Crippen LogP contribution in [0.5, 0.6) is 0 Å². The van der Waals surface area contributed by atoms with E-state index in [1.165, 1.54) is 5.56 Å². The van der Waals surface area contributed by atoms with Crippen molar-refractivity contribution < 1.29 is 0 Å². The third-order valence-electron chi connectivity index (χ3n) is 3.01. The molecular weight excluding hydrogens is 210 g/mol.